The number of morpholine rings is 1. The number of amides is 1. The number of ketones is 1. The van der Waals surface area contributed by atoms with Crippen molar-refractivity contribution in [2.75, 3.05) is 45.9 Å². The van der Waals surface area contributed by atoms with Gasteiger partial charge in [-0.2, -0.15) is 0 Å². The molecule has 3 heterocycles. The van der Waals surface area contributed by atoms with Gasteiger partial charge < -0.3 is 33.7 Å². The summed E-state index contributed by atoms with van der Waals surface area (Å²) < 4.78 is 30.8. The maximum atomic E-state index is 14.8. The van der Waals surface area contributed by atoms with Crippen molar-refractivity contribution in [1.29, 1.82) is 0 Å². The van der Waals surface area contributed by atoms with Crippen molar-refractivity contribution in [3.8, 4) is 0 Å². The summed E-state index contributed by atoms with van der Waals surface area (Å²) in [5.41, 5.74) is -0.635. The van der Waals surface area contributed by atoms with Crippen LogP contribution in [0.4, 0.5) is 4.79 Å². The van der Waals surface area contributed by atoms with Gasteiger partial charge in [0.15, 0.2) is 18.2 Å². The van der Waals surface area contributed by atoms with E-state index in [1.54, 1.807) is 4.90 Å². The second kappa shape index (κ2) is 12.9. The van der Waals surface area contributed by atoms with Crippen LogP contribution < -0.4 is 0 Å². The summed E-state index contributed by atoms with van der Waals surface area (Å²) >= 11 is 0. The first-order valence-corrected chi connectivity index (χ1v) is 20.8. The predicted molar refractivity (Wildman–Crippen MR) is 196 cm³/mol. The molecule has 5 aliphatic carbocycles. The molecule has 2 spiro atoms. The molecular weight excluding hydrogens is 676 g/mol. The number of esters is 1. The van der Waals surface area contributed by atoms with Crippen LogP contribution in [0, 0.1) is 50.7 Å². The first-order chi connectivity index (χ1) is 24.9. The van der Waals surface area contributed by atoms with Gasteiger partial charge in [-0.05, 0) is 118 Å². The van der Waals surface area contributed by atoms with E-state index in [0.29, 0.717) is 30.8 Å². The third-order valence-corrected chi connectivity index (χ3v) is 16.6. The number of ether oxygens (including phenoxy) is 5. The van der Waals surface area contributed by atoms with Crippen LogP contribution in [-0.2, 0) is 33.3 Å². The highest BCUT2D eigenvalue weighted by Gasteiger charge is 2.84. The van der Waals surface area contributed by atoms with Crippen molar-refractivity contribution >= 4 is 17.8 Å². The van der Waals surface area contributed by atoms with Gasteiger partial charge in [-0.3, -0.25) is 14.5 Å². The molecule has 8 rings (SSSR count). The van der Waals surface area contributed by atoms with E-state index < -0.39 is 35.3 Å². The van der Waals surface area contributed by atoms with Gasteiger partial charge in [-0.1, -0.05) is 27.7 Å². The molecule has 0 radical (unpaired) electrons. The lowest BCUT2D eigenvalue weighted by molar-refractivity contribution is -0.247. The number of rotatable bonds is 7. The summed E-state index contributed by atoms with van der Waals surface area (Å²) in [5.74, 6) is 1.30. The number of carbonyl (C=O) groups excluding carboxylic acids is 3. The van der Waals surface area contributed by atoms with Crippen LogP contribution in [0.3, 0.4) is 0 Å². The van der Waals surface area contributed by atoms with Crippen LogP contribution in [0.2, 0.25) is 0 Å². The summed E-state index contributed by atoms with van der Waals surface area (Å²) in [7, 11) is 0. The third kappa shape index (κ3) is 5.77. The number of hydrogen-bond donors (Lipinski definition) is 1. The summed E-state index contributed by atoms with van der Waals surface area (Å²) in [6.07, 6.45) is 7.28. The van der Waals surface area contributed by atoms with Gasteiger partial charge in [0.05, 0.1) is 25.4 Å². The SMILES string of the molecule is CC(=O)O[C@H](CO)[C@H]1CCC2[C@H](O1)C(=O)[C@@]1(C)[C@@H]3CC[C@H]4C(C)(C)[C@@H](O[C@H]5CN(CC6CN(C(=O)OC(C)(C)C)C6)CCO5)CC[C@@]45C[C@@]35CC[C@]21C. The molecule has 11 nitrogen and oxygen atoms in total. The zero-order chi connectivity index (χ0) is 37.9. The first kappa shape index (κ1) is 38.1. The average molecular weight is 743 g/mol. The Hall–Kier alpha value is -1.79. The standard InChI is InChI=1S/C42H66N2O9/c1-25(46)50-29(23-45)28-10-9-27-34(51-28)35(47)40(8)31-12-11-30-38(5,6)32(13-14-41(30)24-42(31,41)16-15-39(27,40)7)52-33-22-43(17-18-49-33)19-26-20-44(21-26)36(48)53-37(2,3)4/h26-34,45H,9-24H2,1-8H3/t27?,28-,29-,30+,31+,32+,33+,34+,39-,40-,41-,42+/m1/s1. The predicted octanol–water partition coefficient (Wildman–Crippen LogP) is 5.60. The Morgan fingerprint density at radius 1 is 0.962 bits per heavy atom. The van der Waals surface area contributed by atoms with Crippen molar-refractivity contribution in [2.45, 2.75) is 149 Å². The lowest BCUT2D eigenvalue weighted by atomic mass is 9.42. The highest BCUT2D eigenvalue weighted by molar-refractivity contribution is 5.93. The van der Waals surface area contributed by atoms with E-state index in [1.807, 2.05) is 20.8 Å². The van der Waals surface area contributed by atoms with Crippen LogP contribution >= 0.6 is 0 Å². The van der Waals surface area contributed by atoms with E-state index >= 15 is 0 Å². The normalized spacial score (nSPS) is 45.4. The number of fused-ring (bicyclic) bond motifs is 4. The molecule has 1 unspecified atom stereocenters. The monoisotopic (exact) mass is 742 g/mol. The molecule has 53 heavy (non-hydrogen) atoms. The zero-order valence-electron chi connectivity index (χ0n) is 33.6. The first-order valence-electron chi connectivity index (χ1n) is 20.8. The van der Waals surface area contributed by atoms with E-state index in [2.05, 4.69) is 32.6 Å². The zero-order valence-corrected chi connectivity index (χ0v) is 33.6. The quantitative estimate of drug-likeness (QED) is 0.330. The Morgan fingerprint density at radius 3 is 2.38 bits per heavy atom. The topological polar surface area (TPSA) is 124 Å². The highest BCUT2D eigenvalue weighted by atomic mass is 16.7. The molecule has 3 aliphatic heterocycles. The number of carbonyl (C=O) groups is 3. The van der Waals surface area contributed by atoms with Gasteiger partial charge in [0.25, 0.3) is 0 Å². The molecule has 8 fully saturated rings. The Morgan fingerprint density at radius 2 is 1.68 bits per heavy atom. The van der Waals surface area contributed by atoms with E-state index in [1.165, 1.54) is 19.8 Å². The smallest absolute Gasteiger partial charge is 0.410 e. The minimum Gasteiger partial charge on any atom is -0.457 e. The molecule has 3 saturated heterocycles. The van der Waals surface area contributed by atoms with Gasteiger partial charge in [-0.25, -0.2) is 4.79 Å². The molecule has 0 bridgehead atoms. The van der Waals surface area contributed by atoms with Crippen molar-refractivity contribution in [2.24, 2.45) is 50.7 Å². The summed E-state index contributed by atoms with van der Waals surface area (Å²) in [6.45, 7) is 21.0. The van der Waals surface area contributed by atoms with E-state index in [0.717, 1.165) is 71.2 Å². The van der Waals surface area contributed by atoms with E-state index in [9.17, 15) is 19.5 Å². The molecule has 12 atom stereocenters. The van der Waals surface area contributed by atoms with Gasteiger partial charge in [0.2, 0.25) is 0 Å². The molecular formula is C42H66N2O9. The Balaban J connectivity index is 0.914. The molecule has 0 aromatic carbocycles. The number of aliphatic hydroxyl groups is 1. The van der Waals surface area contributed by atoms with Gasteiger partial charge in [-0.15, -0.1) is 0 Å². The molecule has 0 aromatic heterocycles. The maximum Gasteiger partial charge on any atom is 0.410 e. The van der Waals surface area contributed by atoms with Gasteiger partial charge in [0, 0.05) is 51.0 Å². The van der Waals surface area contributed by atoms with Crippen LogP contribution in [-0.4, -0.2) is 115 Å². The minimum atomic E-state index is -0.737. The molecule has 298 valence electrons. The molecule has 1 N–H and O–H groups in total. The lowest BCUT2D eigenvalue weighted by Gasteiger charge is -2.62. The molecule has 0 aromatic rings. The fourth-order valence-electron chi connectivity index (χ4n) is 14.1. The van der Waals surface area contributed by atoms with Crippen LogP contribution in [0.25, 0.3) is 0 Å². The van der Waals surface area contributed by atoms with Crippen molar-refractivity contribution in [1.82, 2.24) is 9.80 Å². The van der Waals surface area contributed by atoms with Gasteiger partial charge >= 0.3 is 12.1 Å². The number of Topliss-reactive ketones (excluding diaryl/α,β-unsaturated/α-hetero) is 1. The van der Waals surface area contributed by atoms with Crippen molar-refractivity contribution in [3.63, 3.8) is 0 Å². The number of hydrogen-bond acceptors (Lipinski definition) is 10. The van der Waals surface area contributed by atoms with Crippen molar-refractivity contribution < 1.29 is 43.2 Å². The maximum absolute atomic E-state index is 14.8. The largest absolute Gasteiger partial charge is 0.457 e. The fourth-order valence-corrected chi connectivity index (χ4v) is 14.1. The molecule has 8 aliphatic rings. The summed E-state index contributed by atoms with van der Waals surface area (Å²) in [6, 6.07) is 0. The Bertz CT molecular complexity index is 1470. The summed E-state index contributed by atoms with van der Waals surface area (Å²) in [5, 5.41) is 10.0. The third-order valence-electron chi connectivity index (χ3n) is 16.6. The molecule has 1 amide bonds. The van der Waals surface area contributed by atoms with Crippen LogP contribution in [0.15, 0.2) is 0 Å². The second-order valence-electron chi connectivity index (χ2n) is 20.6. The van der Waals surface area contributed by atoms with Gasteiger partial charge in [0.1, 0.15) is 11.7 Å². The summed E-state index contributed by atoms with van der Waals surface area (Å²) in [4.78, 5) is 43.3. The van der Waals surface area contributed by atoms with E-state index in [-0.39, 0.29) is 58.5 Å². The van der Waals surface area contributed by atoms with Crippen LogP contribution in [0.1, 0.15) is 113 Å². The second-order valence-corrected chi connectivity index (χ2v) is 20.6. The molecule has 11 heteroatoms. The highest BCUT2D eigenvalue weighted by Crippen LogP contribution is 2.88. The fraction of sp³-hybridized carbons (Fsp3) is 0.929. The number of nitrogens with zero attached hydrogens (tertiary/aromatic N) is 2. The number of likely N-dealkylation sites (tertiary alicyclic amines) is 1. The Kier molecular flexibility index (Phi) is 9.25. The van der Waals surface area contributed by atoms with Crippen molar-refractivity contribution in [3.05, 3.63) is 0 Å². The lowest BCUT2D eigenvalue weighted by Crippen LogP contribution is -2.60. The minimum absolute atomic E-state index is 0.0120. The molecule has 5 saturated carbocycles. The average Bonchev–Trinajstić information content (AvgIpc) is 3.70. The number of aliphatic hydroxyl groups excluding tert-OH is 1. The van der Waals surface area contributed by atoms with Crippen LogP contribution in [0.5, 0.6) is 0 Å². The Labute approximate surface area is 316 Å². The van der Waals surface area contributed by atoms with E-state index in [4.69, 9.17) is 23.7 Å².